The molecule has 0 aliphatic rings. The second-order valence-corrected chi connectivity index (χ2v) is 3.57. The minimum atomic E-state index is 0.667. The number of rotatable bonds is 4. The summed E-state index contributed by atoms with van der Waals surface area (Å²) in [5.74, 6) is 0.831. The first-order valence-corrected chi connectivity index (χ1v) is 5.28. The summed E-state index contributed by atoms with van der Waals surface area (Å²) in [6.07, 6.45) is 0.667. The van der Waals surface area contributed by atoms with E-state index in [0.29, 0.717) is 6.41 Å². The van der Waals surface area contributed by atoms with Crippen LogP contribution >= 0.6 is 0 Å². The van der Waals surface area contributed by atoms with Crippen molar-refractivity contribution in [2.24, 2.45) is 0 Å². The zero-order valence-electron chi connectivity index (χ0n) is 9.51. The Hall–Kier alpha value is -2.29. The van der Waals surface area contributed by atoms with Gasteiger partial charge in [-0.15, -0.1) is 0 Å². The summed E-state index contributed by atoms with van der Waals surface area (Å²) in [6.45, 7) is 0. The zero-order valence-corrected chi connectivity index (χ0v) is 9.51. The van der Waals surface area contributed by atoms with Gasteiger partial charge in [0.25, 0.3) is 0 Å². The highest BCUT2D eigenvalue weighted by Crippen LogP contribution is 2.24. The van der Waals surface area contributed by atoms with Crippen molar-refractivity contribution in [2.45, 2.75) is 0 Å². The van der Waals surface area contributed by atoms with Gasteiger partial charge in [0.05, 0.1) is 7.11 Å². The molecule has 0 atom stereocenters. The van der Waals surface area contributed by atoms with Crippen LogP contribution in [0, 0.1) is 0 Å². The molecular formula is C14H13NO2. The lowest BCUT2D eigenvalue weighted by molar-refractivity contribution is -0.105. The highest BCUT2D eigenvalue weighted by molar-refractivity contribution is 5.74. The maximum Gasteiger partial charge on any atom is 0.211 e. The predicted octanol–water partition coefficient (Wildman–Crippen LogP) is 2.93. The van der Waals surface area contributed by atoms with Crippen molar-refractivity contribution in [1.82, 2.24) is 0 Å². The molecule has 17 heavy (non-hydrogen) atoms. The minimum Gasteiger partial charge on any atom is -0.497 e. The summed E-state index contributed by atoms with van der Waals surface area (Å²) < 4.78 is 5.18. The van der Waals surface area contributed by atoms with Crippen LogP contribution in [-0.4, -0.2) is 13.5 Å². The van der Waals surface area contributed by atoms with Gasteiger partial charge in [-0.25, -0.2) is 0 Å². The lowest BCUT2D eigenvalue weighted by Gasteiger charge is -2.05. The smallest absolute Gasteiger partial charge is 0.211 e. The Labute approximate surface area is 100 Å². The fourth-order valence-electron chi connectivity index (χ4n) is 1.63. The highest BCUT2D eigenvalue weighted by Gasteiger charge is 1.99. The molecule has 0 fully saturated rings. The molecule has 0 heterocycles. The molecular weight excluding hydrogens is 214 g/mol. The standard InChI is InChI=1S/C14H13NO2/c1-17-14-4-2-3-12(9-14)11-5-7-13(8-6-11)15-10-16/h2-10H,1H3,(H,15,16). The van der Waals surface area contributed by atoms with Crippen LogP contribution < -0.4 is 10.1 Å². The quantitative estimate of drug-likeness (QED) is 0.815. The van der Waals surface area contributed by atoms with Crippen LogP contribution in [0.5, 0.6) is 5.75 Å². The van der Waals surface area contributed by atoms with E-state index in [1.54, 1.807) is 7.11 Å². The Morgan fingerprint density at radius 1 is 1.06 bits per heavy atom. The Morgan fingerprint density at radius 2 is 1.82 bits per heavy atom. The van der Waals surface area contributed by atoms with Crippen molar-refractivity contribution < 1.29 is 9.53 Å². The van der Waals surface area contributed by atoms with E-state index in [0.717, 1.165) is 22.6 Å². The van der Waals surface area contributed by atoms with Crippen LogP contribution in [0.3, 0.4) is 0 Å². The van der Waals surface area contributed by atoms with Crippen molar-refractivity contribution >= 4 is 12.1 Å². The minimum absolute atomic E-state index is 0.667. The largest absolute Gasteiger partial charge is 0.497 e. The maximum atomic E-state index is 10.3. The first-order valence-electron chi connectivity index (χ1n) is 5.28. The number of amides is 1. The third-order valence-electron chi connectivity index (χ3n) is 2.51. The number of nitrogens with one attached hydrogen (secondary N) is 1. The van der Waals surface area contributed by atoms with E-state index < -0.39 is 0 Å². The van der Waals surface area contributed by atoms with E-state index in [4.69, 9.17) is 4.74 Å². The van der Waals surface area contributed by atoms with E-state index in [-0.39, 0.29) is 0 Å². The first-order chi connectivity index (χ1) is 8.33. The molecule has 0 aromatic heterocycles. The monoisotopic (exact) mass is 227 g/mol. The van der Waals surface area contributed by atoms with Crippen molar-refractivity contribution in [3.8, 4) is 16.9 Å². The van der Waals surface area contributed by atoms with Gasteiger partial charge in [-0.2, -0.15) is 0 Å². The summed E-state index contributed by atoms with van der Waals surface area (Å²) in [6, 6.07) is 15.5. The van der Waals surface area contributed by atoms with Crippen LogP contribution in [0.25, 0.3) is 11.1 Å². The molecule has 0 bridgehead atoms. The summed E-state index contributed by atoms with van der Waals surface area (Å²) >= 11 is 0. The van der Waals surface area contributed by atoms with Gasteiger partial charge in [0, 0.05) is 5.69 Å². The molecule has 0 aliphatic heterocycles. The van der Waals surface area contributed by atoms with Crippen molar-refractivity contribution in [3.63, 3.8) is 0 Å². The Morgan fingerprint density at radius 3 is 2.47 bits per heavy atom. The Balaban J connectivity index is 2.29. The second kappa shape index (κ2) is 5.16. The van der Waals surface area contributed by atoms with Gasteiger partial charge in [0.15, 0.2) is 0 Å². The van der Waals surface area contributed by atoms with Crippen LogP contribution in [0.1, 0.15) is 0 Å². The van der Waals surface area contributed by atoms with Gasteiger partial charge in [-0.1, -0.05) is 24.3 Å². The van der Waals surface area contributed by atoms with Gasteiger partial charge in [0.2, 0.25) is 6.41 Å². The summed E-state index contributed by atoms with van der Waals surface area (Å²) in [5, 5.41) is 2.60. The van der Waals surface area contributed by atoms with E-state index >= 15 is 0 Å². The molecule has 2 rings (SSSR count). The van der Waals surface area contributed by atoms with E-state index in [2.05, 4.69) is 5.32 Å². The fourth-order valence-corrected chi connectivity index (χ4v) is 1.63. The number of methoxy groups -OCH3 is 1. The highest BCUT2D eigenvalue weighted by atomic mass is 16.5. The van der Waals surface area contributed by atoms with Gasteiger partial charge < -0.3 is 10.1 Å². The van der Waals surface area contributed by atoms with Crippen molar-refractivity contribution in [3.05, 3.63) is 48.5 Å². The number of hydrogen-bond donors (Lipinski definition) is 1. The topological polar surface area (TPSA) is 38.3 Å². The predicted molar refractivity (Wildman–Crippen MR) is 68.1 cm³/mol. The van der Waals surface area contributed by atoms with Gasteiger partial charge in [-0.05, 0) is 35.4 Å². The second-order valence-electron chi connectivity index (χ2n) is 3.57. The van der Waals surface area contributed by atoms with Crippen molar-refractivity contribution in [2.75, 3.05) is 12.4 Å². The van der Waals surface area contributed by atoms with E-state index in [1.807, 2.05) is 48.5 Å². The number of carbonyl (C=O) groups is 1. The molecule has 0 unspecified atom stereocenters. The van der Waals surface area contributed by atoms with Crippen LogP contribution in [0.15, 0.2) is 48.5 Å². The average Bonchev–Trinajstić information content (AvgIpc) is 2.40. The summed E-state index contributed by atoms with van der Waals surface area (Å²) in [5.41, 5.74) is 2.95. The van der Waals surface area contributed by atoms with Gasteiger partial charge >= 0.3 is 0 Å². The lowest BCUT2D eigenvalue weighted by atomic mass is 10.1. The molecule has 86 valence electrons. The number of hydrogen-bond acceptors (Lipinski definition) is 2. The average molecular weight is 227 g/mol. The number of anilines is 1. The molecule has 2 aromatic carbocycles. The molecule has 0 saturated heterocycles. The Kier molecular flexibility index (Phi) is 3.40. The molecule has 0 saturated carbocycles. The molecule has 2 aromatic rings. The molecule has 0 radical (unpaired) electrons. The summed E-state index contributed by atoms with van der Waals surface area (Å²) in [4.78, 5) is 10.3. The molecule has 1 amide bonds. The SMILES string of the molecule is COc1cccc(-c2ccc(NC=O)cc2)c1. The number of ether oxygens (including phenoxy) is 1. The van der Waals surface area contributed by atoms with Crippen LogP contribution in [0.2, 0.25) is 0 Å². The molecule has 3 nitrogen and oxygen atoms in total. The molecule has 1 N–H and O–H groups in total. The van der Waals surface area contributed by atoms with Gasteiger partial charge in [-0.3, -0.25) is 4.79 Å². The Bertz CT molecular complexity index is 506. The summed E-state index contributed by atoms with van der Waals surface area (Å²) in [7, 11) is 1.65. The van der Waals surface area contributed by atoms with Crippen LogP contribution in [0.4, 0.5) is 5.69 Å². The van der Waals surface area contributed by atoms with Crippen LogP contribution in [-0.2, 0) is 4.79 Å². The molecule has 0 aliphatic carbocycles. The van der Waals surface area contributed by atoms with Gasteiger partial charge in [0.1, 0.15) is 5.75 Å². The van der Waals surface area contributed by atoms with E-state index in [9.17, 15) is 4.79 Å². The molecule has 0 spiro atoms. The maximum absolute atomic E-state index is 10.3. The number of benzene rings is 2. The third kappa shape index (κ3) is 2.64. The lowest BCUT2D eigenvalue weighted by Crippen LogP contribution is -1.92. The molecule has 3 heteroatoms. The van der Waals surface area contributed by atoms with E-state index in [1.165, 1.54) is 0 Å². The third-order valence-corrected chi connectivity index (χ3v) is 2.51. The number of carbonyl (C=O) groups excluding carboxylic acids is 1. The first kappa shape index (κ1) is 11.2. The normalized spacial score (nSPS) is 9.71. The zero-order chi connectivity index (χ0) is 12.1. The fraction of sp³-hybridized carbons (Fsp3) is 0.0714. The van der Waals surface area contributed by atoms with Crippen molar-refractivity contribution in [1.29, 1.82) is 0 Å².